The SMILES string of the molecule is Cc1ccc(N2C3CCC(C(C)C)C2C3)cn1. The molecule has 2 fully saturated rings. The second-order valence-corrected chi connectivity index (χ2v) is 6.01. The van der Waals surface area contributed by atoms with Gasteiger partial charge in [-0.3, -0.25) is 4.98 Å². The van der Waals surface area contributed by atoms with Gasteiger partial charge in [-0.15, -0.1) is 0 Å². The molecule has 92 valence electrons. The molecule has 0 N–H and O–H groups in total. The van der Waals surface area contributed by atoms with Crippen molar-refractivity contribution in [2.24, 2.45) is 11.8 Å². The monoisotopic (exact) mass is 230 g/mol. The molecule has 2 aliphatic heterocycles. The van der Waals surface area contributed by atoms with Crippen LogP contribution in [-0.2, 0) is 0 Å². The maximum Gasteiger partial charge on any atom is 0.0558 e. The normalized spacial score (nSPS) is 31.5. The zero-order valence-electron chi connectivity index (χ0n) is 11.1. The molecule has 2 heteroatoms. The van der Waals surface area contributed by atoms with Crippen LogP contribution >= 0.6 is 0 Å². The first-order chi connectivity index (χ1) is 8.16. The summed E-state index contributed by atoms with van der Waals surface area (Å²) in [5, 5.41) is 0. The van der Waals surface area contributed by atoms with Crippen molar-refractivity contribution < 1.29 is 0 Å². The van der Waals surface area contributed by atoms with Gasteiger partial charge in [0.1, 0.15) is 0 Å². The van der Waals surface area contributed by atoms with Crippen LogP contribution in [0.25, 0.3) is 0 Å². The van der Waals surface area contributed by atoms with Gasteiger partial charge in [0.15, 0.2) is 0 Å². The summed E-state index contributed by atoms with van der Waals surface area (Å²) >= 11 is 0. The number of piperidine rings is 1. The van der Waals surface area contributed by atoms with Crippen molar-refractivity contribution in [3.05, 3.63) is 24.0 Å². The van der Waals surface area contributed by atoms with Crippen LogP contribution in [0.3, 0.4) is 0 Å². The van der Waals surface area contributed by atoms with Crippen molar-refractivity contribution in [1.82, 2.24) is 4.98 Å². The maximum atomic E-state index is 4.44. The molecule has 2 bridgehead atoms. The molecule has 2 aliphatic rings. The second kappa shape index (κ2) is 4.01. The van der Waals surface area contributed by atoms with E-state index in [0.717, 1.165) is 29.6 Å². The molecule has 3 rings (SSSR count). The van der Waals surface area contributed by atoms with Crippen LogP contribution in [0.1, 0.15) is 38.8 Å². The fourth-order valence-electron chi connectivity index (χ4n) is 3.65. The van der Waals surface area contributed by atoms with E-state index in [0.29, 0.717) is 0 Å². The predicted molar refractivity (Wildman–Crippen MR) is 71.2 cm³/mol. The summed E-state index contributed by atoms with van der Waals surface area (Å²) < 4.78 is 0. The summed E-state index contributed by atoms with van der Waals surface area (Å²) in [6.07, 6.45) is 6.24. The quantitative estimate of drug-likeness (QED) is 0.774. The lowest BCUT2D eigenvalue weighted by Gasteiger charge is -2.59. The van der Waals surface area contributed by atoms with E-state index >= 15 is 0 Å². The lowest BCUT2D eigenvalue weighted by molar-refractivity contribution is 0.127. The minimum atomic E-state index is 0.776. The summed E-state index contributed by atoms with van der Waals surface area (Å²) in [4.78, 5) is 7.06. The molecule has 0 radical (unpaired) electrons. The molecule has 0 amide bonds. The zero-order chi connectivity index (χ0) is 12.0. The molecule has 0 aliphatic carbocycles. The molecule has 0 aromatic carbocycles. The molecule has 0 saturated carbocycles. The molecule has 3 unspecified atom stereocenters. The summed E-state index contributed by atoms with van der Waals surface area (Å²) in [6, 6.07) is 5.94. The molecule has 2 nitrogen and oxygen atoms in total. The number of fused-ring (bicyclic) bond motifs is 2. The molecule has 0 spiro atoms. The Morgan fingerprint density at radius 1 is 1.29 bits per heavy atom. The fourth-order valence-corrected chi connectivity index (χ4v) is 3.65. The average molecular weight is 230 g/mol. The minimum Gasteiger partial charge on any atom is -0.364 e. The van der Waals surface area contributed by atoms with Crippen LogP contribution in [0.15, 0.2) is 18.3 Å². The van der Waals surface area contributed by atoms with Gasteiger partial charge in [-0.05, 0) is 50.2 Å². The number of anilines is 1. The van der Waals surface area contributed by atoms with E-state index in [-0.39, 0.29) is 0 Å². The van der Waals surface area contributed by atoms with Crippen molar-refractivity contribution in [3.8, 4) is 0 Å². The molecule has 17 heavy (non-hydrogen) atoms. The van der Waals surface area contributed by atoms with Crippen molar-refractivity contribution in [2.75, 3.05) is 4.90 Å². The highest BCUT2D eigenvalue weighted by Crippen LogP contribution is 2.46. The van der Waals surface area contributed by atoms with Gasteiger partial charge in [0.2, 0.25) is 0 Å². The highest BCUT2D eigenvalue weighted by molar-refractivity contribution is 5.51. The first kappa shape index (κ1) is 11.1. The van der Waals surface area contributed by atoms with E-state index in [1.54, 1.807) is 0 Å². The van der Waals surface area contributed by atoms with Gasteiger partial charge >= 0.3 is 0 Å². The van der Waals surface area contributed by atoms with Crippen molar-refractivity contribution in [3.63, 3.8) is 0 Å². The van der Waals surface area contributed by atoms with E-state index in [4.69, 9.17) is 0 Å². The molecule has 3 heterocycles. The Labute approximate surface area is 104 Å². The topological polar surface area (TPSA) is 16.1 Å². The third kappa shape index (κ3) is 1.74. The van der Waals surface area contributed by atoms with Gasteiger partial charge in [-0.1, -0.05) is 13.8 Å². The molecular weight excluding hydrogens is 208 g/mol. The zero-order valence-corrected chi connectivity index (χ0v) is 11.1. The van der Waals surface area contributed by atoms with Gasteiger partial charge in [0, 0.05) is 17.8 Å². The van der Waals surface area contributed by atoms with Gasteiger partial charge < -0.3 is 4.90 Å². The van der Waals surface area contributed by atoms with Gasteiger partial charge in [0.25, 0.3) is 0 Å². The fraction of sp³-hybridized carbons (Fsp3) is 0.667. The van der Waals surface area contributed by atoms with Crippen LogP contribution in [0.4, 0.5) is 5.69 Å². The Hall–Kier alpha value is -1.05. The van der Waals surface area contributed by atoms with Crippen LogP contribution in [0, 0.1) is 18.8 Å². The van der Waals surface area contributed by atoms with E-state index < -0.39 is 0 Å². The highest BCUT2D eigenvalue weighted by Gasteiger charge is 2.47. The lowest BCUT2D eigenvalue weighted by Crippen LogP contribution is -2.63. The maximum absolute atomic E-state index is 4.44. The van der Waals surface area contributed by atoms with Crippen molar-refractivity contribution in [2.45, 2.75) is 52.1 Å². The first-order valence-corrected chi connectivity index (χ1v) is 6.88. The number of rotatable bonds is 2. The number of hydrogen-bond donors (Lipinski definition) is 0. The molecular formula is C15H22N2. The standard InChI is InChI=1S/C15H22N2/c1-10(2)14-7-6-12-8-15(14)17(12)13-5-4-11(3)16-9-13/h4-5,9-10,12,14-15H,6-8H2,1-3H3. The molecule has 3 atom stereocenters. The van der Waals surface area contributed by atoms with E-state index in [1.165, 1.54) is 24.9 Å². The number of hydrogen-bond acceptors (Lipinski definition) is 2. The lowest BCUT2D eigenvalue weighted by atomic mass is 9.68. The Kier molecular flexibility index (Phi) is 2.61. The summed E-state index contributed by atoms with van der Waals surface area (Å²) in [6.45, 7) is 6.79. The molecule has 1 aromatic rings. The largest absolute Gasteiger partial charge is 0.364 e. The Balaban J connectivity index is 1.83. The molecule has 2 saturated heterocycles. The van der Waals surface area contributed by atoms with Gasteiger partial charge in [-0.25, -0.2) is 0 Å². The Bertz CT molecular complexity index is 394. The van der Waals surface area contributed by atoms with Crippen LogP contribution in [-0.4, -0.2) is 17.1 Å². The second-order valence-electron chi connectivity index (χ2n) is 6.01. The van der Waals surface area contributed by atoms with Crippen molar-refractivity contribution in [1.29, 1.82) is 0 Å². The highest BCUT2D eigenvalue weighted by atomic mass is 15.3. The summed E-state index contributed by atoms with van der Waals surface area (Å²) in [7, 11) is 0. The van der Waals surface area contributed by atoms with Crippen molar-refractivity contribution >= 4 is 5.69 Å². The van der Waals surface area contributed by atoms with Crippen LogP contribution in [0.5, 0.6) is 0 Å². The number of pyridine rings is 1. The first-order valence-electron chi connectivity index (χ1n) is 6.88. The number of nitrogens with zero attached hydrogens (tertiary/aromatic N) is 2. The summed E-state index contributed by atoms with van der Waals surface area (Å²) in [5.41, 5.74) is 2.45. The van der Waals surface area contributed by atoms with Crippen LogP contribution in [0.2, 0.25) is 0 Å². The van der Waals surface area contributed by atoms with Crippen LogP contribution < -0.4 is 4.90 Å². The number of aryl methyl sites for hydroxylation is 1. The average Bonchev–Trinajstić information content (AvgIpc) is 2.32. The predicted octanol–water partition coefficient (Wildman–Crippen LogP) is 3.40. The van der Waals surface area contributed by atoms with Gasteiger partial charge in [0.05, 0.1) is 11.9 Å². The smallest absolute Gasteiger partial charge is 0.0558 e. The third-order valence-electron chi connectivity index (χ3n) is 4.64. The van der Waals surface area contributed by atoms with E-state index in [2.05, 4.69) is 49.0 Å². The van der Waals surface area contributed by atoms with E-state index in [9.17, 15) is 0 Å². The Morgan fingerprint density at radius 3 is 2.71 bits per heavy atom. The summed E-state index contributed by atoms with van der Waals surface area (Å²) in [5.74, 6) is 1.68. The number of aromatic nitrogens is 1. The minimum absolute atomic E-state index is 0.776. The molecule has 1 aromatic heterocycles. The third-order valence-corrected chi connectivity index (χ3v) is 4.64. The van der Waals surface area contributed by atoms with E-state index in [1.807, 2.05) is 0 Å². The van der Waals surface area contributed by atoms with Gasteiger partial charge in [-0.2, -0.15) is 0 Å². The Morgan fingerprint density at radius 2 is 2.12 bits per heavy atom.